The van der Waals surface area contributed by atoms with E-state index >= 15 is 0 Å². The second kappa shape index (κ2) is 9.69. The highest BCUT2D eigenvalue weighted by Gasteiger charge is 2.25. The molecule has 0 atom stereocenters. The second-order valence-corrected chi connectivity index (χ2v) is 7.55. The molecule has 0 fully saturated rings. The highest BCUT2D eigenvalue weighted by Crippen LogP contribution is 2.29. The van der Waals surface area contributed by atoms with Crippen molar-refractivity contribution in [2.45, 2.75) is 39.7 Å². The zero-order valence-electron chi connectivity index (χ0n) is 16.3. The molecule has 5 heteroatoms. The Balaban J connectivity index is 2.12. The van der Waals surface area contributed by atoms with Gasteiger partial charge in [0.2, 0.25) is 0 Å². The molecule has 0 bridgehead atoms. The molecule has 0 N–H and O–H groups in total. The van der Waals surface area contributed by atoms with Gasteiger partial charge in [-0.05, 0) is 31.0 Å². The molecular weight excluding hydrogens is 416 g/mol. The SMILES string of the molecule is CCCCn1nc(Cc2ccc(Br)cc2)c(C(=O)OCC)c1-c1ccccc1. The third-order valence-electron chi connectivity index (χ3n) is 4.56. The van der Waals surface area contributed by atoms with Crippen molar-refractivity contribution in [2.24, 2.45) is 0 Å². The Morgan fingerprint density at radius 1 is 1.07 bits per heavy atom. The number of carbonyl (C=O) groups excluding carboxylic acids is 1. The summed E-state index contributed by atoms with van der Waals surface area (Å²) in [5, 5.41) is 4.85. The van der Waals surface area contributed by atoms with E-state index in [4.69, 9.17) is 9.84 Å². The van der Waals surface area contributed by atoms with Crippen molar-refractivity contribution in [2.75, 3.05) is 6.61 Å². The molecule has 0 aliphatic heterocycles. The summed E-state index contributed by atoms with van der Waals surface area (Å²) in [6, 6.07) is 18.1. The summed E-state index contributed by atoms with van der Waals surface area (Å²) in [5.74, 6) is -0.309. The summed E-state index contributed by atoms with van der Waals surface area (Å²) in [7, 11) is 0. The van der Waals surface area contributed by atoms with Gasteiger partial charge in [0, 0.05) is 23.0 Å². The fourth-order valence-electron chi connectivity index (χ4n) is 3.21. The Labute approximate surface area is 174 Å². The molecule has 0 saturated heterocycles. The fraction of sp³-hybridized carbons (Fsp3) is 0.304. The minimum absolute atomic E-state index is 0.309. The molecule has 2 aromatic carbocycles. The number of benzene rings is 2. The van der Waals surface area contributed by atoms with Gasteiger partial charge in [-0.15, -0.1) is 0 Å². The summed E-state index contributed by atoms with van der Waals surface area (Å²) < 4.78 is 8.41. The third kappa shape index (κ3) is 4.71. The molecule has 3 aromatic rings. The average Bonchev–Trinajstić information content (AvgIpc) is 3.07. The number of hydrogen-bond donors (Lipinski definition) is 0. The van der Waals surface area contributed by atoms with E-state index in [1.807, 2.05) is 66.2 Å². The van der Waals surface area contributed by atoms with Gasteiger partial charge in [0.25, 0.3) is 0 Å². The van der Waals surface area contributed by atoms with Crippen LogP contribution in [0.5, 0.6) is 0 Å². The molecule has 0 aliphatic rings. The number of ether oxygens (including phenoxy) is 1. The number of halogens is 1. The third-order valence-corrected chi connectivity index (χ3v) is 5.09. The highest BCUT2D eigenvalue weighted by molar-refractivity contribution is 9.10. The Morgan fingerprint density at radius 3 is 2.43 bits per heavy atom. The Morgan fingerprint density at radius 2 is 1.79 bits per heavy atom. The molecule has 146 valence electrons. The van der Waals surface area contributed by atoms with Crippen LogP contribution >= 0.6 is 15.9 Å². The Hall–Kier alpha value is -2.40. The maximum atomic E-state index is 12.9. The van der Waals surface area contributed by atoms with Gasteiger partial charge in [0.05, 0.1) is 18.0 Å². The van der Waals surface area contributed by atoms with Crippen molar-refractivity contribution in [3.8, 4) is 11.3 Å². The summed E-state index contributed by atoms with van der Waals surface area (Å²) >= 11 is 3.47. The van der Waals surface area contributed by atoms with Crippen molar-refractivity contribution in [1.29, 1.82) is 0 Å². The van der Waals surface area contributed by atoms with Crippen molar-refractivity contribution >= 4 is 21.9 Å². The number of rotatable bonds is 8. The molecule has 0 spiro atoms. The largest absolute Gasteiger partial charge is 0.462 e. The maximum absolute atomic E-state index is 12.9. The first-order valence-corrected chi connectivity index (χ1v) is 10.5. The van der Waals surface area contributed by atoms with E-state index in [-0.39, 0.29) is 5.97 Å². The van der Waals surface area contributed by atoms with Gasteiger partial charge < -0.3 is 4.74 Å². The van der Waals surface area contributed by atoms with E-state index in [0.29, 0.717) is 18.6 Å². The van der Waals surface area contributed by atoms with Gasteiger partial charge in [0.1, 0.15) is 5.56 Å². The molecular formula is C23H25BrN2O2. The Bertz CT molecular complexity index is 918. The molecule has 0 radical (unpaired) electrons. The van der Waals surface area contributed by atoms with Gasteiger partial charge >= 0.3 is 5.97 Å². The topological polar surface area (TPSA) is 44.1 Å². The second-order valence-electron chi connectivity index (χ2n) is 6.64. The predicted molar refractivity (Wildman–Crippen MR) is 115 cm³/mol. The lowest BCUT2D eigenvalue weighted by atomic mass is 10.0. The lowest BCUT2D eigenvalue weighted by Crippen LogP contribution is -2.09. The zero-order chi connectivity index (χ0) is 19.9. The normalized spacial score (nSPS) is 10.8. The van der Waals surface area contributed by atoms with Crippen LogP contribution in [0.15, 0.2) is 59.1 Å². The minimum Gasteiger partial charge on any atom is -0.462 e. The van der Waals surface area contributed by atoms with Gasteiger partial charge in [-0.25, -0.2) is 4.79 Å². The van der Waals surface area contributed by atoms with E-state index in [1.165, 1.54) is 0 Å². The fourth-order valence-corrected chi connectivity index (χ4v) is 3.47. The smallest absolute Gasteiger partial charge is 0.342 e. The number of nitrogens with zero attached hydrogens (tertiary/aromatic N) is 2. The predicted octanol–water partition coefficient (Wildman–Crippen LogP) is 5.88. The van der Waals surface area contributed by atoms with Crippen molar-refractivity contribution in [3.05, 3.63) is 75.9 Å². The summed E-state index contributed by atoms with van der Waals surface area (Å²) in [4.78, 5) is 12.9. The van der Waals surface area contributed by atoms with Gasteiger partial charge in [-0.3, -0.25) is 4.68 Å². The molecule has 1 aromatic heterocycles. The Kier molecular flexibility index (Phi) is 7.04. The number of esters is 1. The van der Waals surface area contributed by atoms with Crippen molar-refractivity contribution in [1.82, 2.24) is 9.78 Å². The van der Waals surface area contributed by atoms with Crippen LogP contribution in [0.4, 0.5) is 0 Å². The maximum Gasteiger partial charge on any atom is 0.342 e. The van der Waals surface area contributed by atoms with Crippen LogP contribution in [0.2, 0.25) is 0 Å². The quantitative estimate of drug-likeness (QED) is 0.410. The standard InChI is InChI=1S/C23H25BrN2O2/c1-3-5-15-26-22(18-9-7-6-8-10-18)21(23(27)28-4-2)20(25-26)16-17-11-13-19(24)14-12-17/h6-14H,3-5,15-16H2,1-2H3. The summed E-state index contributed by atoms with van der Waals surface area (Å²) in [6.45, 7) is 5.09. The first-order valence-electron chi connectivity index (χ1n) is 9.70. The van der Waals surface area contributed by atoms with Crippen LogP contribution < -0.4 is 0 Å². The van der Waals surface area contributed by atoms with Crippen LogP contribution in [-0.4, -0.2) is 22.4 Å². The lowest BCUT2D eigenvalue weighted by Gasteiger charge is -2.09. The highest BCUT2D eigenvalue weighted by atomic mass is 79.9. The van der Waals surface area contributed by atoms with E-state index in [2.05, 4.69) is 22.9 Å². The number of hydrogen-bond acceptors (Lipinski definition) is 3. The average molecular weight is 441 g/mol. The zero-order valence-corrected chi connectivity index (χ0v) is 17.9. The summed E-state index contributed by atoms with van der Waals surface area (Å²) in [6.07, 6.45) is 2.65. The van der Waals surface area contributed by atoms with Crippen LogP contribution in [0.25, 0.3) is 11.3 Å². The number of aryl methyl sites for hydroxylation is 1. The number of carbonyl (C=O) groups is 1. The van der Waals surface area contributed by atoms with Crippen LogP contribution in [0, 0.1) is 0 Å². The minimum atomic E-state index is -0.309. The first-order chi connectivity index (χ1) is 13.6. The van der Waals surface area contributed by atoms with Gasteiger partial charge in [-0.1, -0.05) is 71.7 Å². The molecule has 4 nitrogen and oxygen atoms in total. The molecule has 0 amide bonds. The van der Waals surface area contributed by atoms with Crippen LogP contribution in [0.1, 0.15) is 48.3 Å². The molecule has 28 heavy (non-hydrogen) atoms. The molecule has 0 unspecified atom stereocenters. The van der Waals surface area contributed by atoms with Gasteiger partial charge in [-0.2, -0.15) is 5.10 Å². The number of unbranched alkanes of at least 4 members (excludes halogenated alkanes) is 1. The lowest BCUT2D eigenvalue weighted by molar-refractivity contribution is 0.0526. The van der Waals surface area contributed by atoms with Crippen molar-refractivity contribution < 1.29 is 9.53 Å². The van der Waals surface area contributed by atoms with E-state index in [1.54, 1.807) is 0 Å². The summed E-state index contributed by atoms with van der Waals surface area (Å²) in [5.41, 5.74) is 4.27. The van der Waals surface area contributed by atoms with E-state index in [9.17, 15) is 4.79 Å². The van der Waals surface area contributed by atoms with E-state index in [0.717, 1.165) is 46.4 Å². The van der Waals surface area contributed by atoms with Gasteiger partial charge in [0.15, 0.2) is 0 Å². The first kappa shape index (κ1) is 20.3. The molecule has 3 rings (SSSR count). The van der Waals surface area contributed by atoms with Crippen molar-refractivity contribution in [3.63, 3.8) is 0 Å². The molecule has 0 saturated carbocycles. The molecule has 1 heterocycles. The monoisotopic (exact) mass is 440 g/mol. The van der Waals surface area contributed by atoms with Crippen LogP contribution in [0.3, 0.4) is 0 Å². The van der Waals surface area contributed by atoms with E-state index < -0.39 is 0 Å². The van der Waals surface area contributed by atoms with Crippen LogP contribution in [-0.2, 0) is 17.7 Å². The molecule has 0 aliphatic carbocycles. The number of aromatic nitrogens is 2.